The quantitative estimate of drug-likeness (QED) is 0.466. The van der Waals surface area contributed by atoms with Crippen molar-refractivity contribution in [1.29, 1.82) is 0 Å². The molecule has 0 aliphatic rings. The number of hydrogen-bond acceptors (Lipinski definition) is 4. The van der Waals surface area contributed by atoms with Crippen molar-refractivity contribution in [3.05, 3.63) is 74.3 Å². The van der Waals surface area contributed by atoms with Gasteiger partial charge in [-0.2, -0.15) is 0 Å². The van der Waals surface area contributed by atoms with Crippen LogP contribution in [0, 0.1) is 10.1 Å². The number of rotatable bonds is 6. The zero-order valence-electron chi connectivity index (χ0n) is 11.8. The fraction of sp³-hybridized carbons (Fsp3) is 0.0625. The molecule has 0 radical (unpaired) electrons. The largest absolute Gasteiger partial charge is 0.488 e. The Morgan fingerprint density at radius 2 is 1.96 bits per heavy atom. The van der Waals surface area contributed by atoms with E-state index in [0.717, 1.165) is 17.2 Å². The molecule has 1 N–H and O–H groups in total. The first kappa shape index (κ1) is 16.7. The first-order valence-electron chi connectivity index (χ1n) is 6.52. The zero-order valence-corrected chi connectivity index (χ0v) is 13.4. The minimum absolute atomic E-state index is 0.0319. The van der Waals surface area contributed by atoms with Gasteiger partial charge in [-0.3, -0.25) is 10.1 Å². The van der Waals surface area contributed by atoms with Gasteiger partial charge in [0, 0.05) is 18.2 Å². The van der Waals surface area contributed by atoms with Crippen LogP contribution in [0.3, 0.4) is 0 Å². The lowest BCUT2D eigenvalue weighted by molar-refractivity contribution is -0.384. The van der Waals surface area contributed by atoms with E-state index in [4.69, 9.17) is 9.84 Å². The van der Waals surface area contributed by atoms with Gasteiger partial charge < -0.3 is 9.84 Å². The van der Waals surface area contributed by atoms with Crippen molar-refractivity contribution in [3.63, 3.8) is 0 Å². The van der Waals surface area contributed by atoms with E-state index in [9.17, 15) is 14.9 Å². The highest BCUT2D eigenvalue weighted by Gasteiger charge is 2.06. The molecule has 0 aliphatic carbocycles. The lowest BCUT2D eigenvalue weighted by Crippen LogP contribution is -1.97. The van der Waals surface area contributed by atoms with Crippen LogP contribution in [0.2, 0.25) is 0 Å². The van der Waals surface area contributed by atoms with E-state index in [-0.39, 0.29) is 12.3 Å². The van der Waals surface area contributed by atoms with Crippen molar-refractivity contribution < 1.29 is 19.6 Å². The molecule has 0 saturated heterocycles. The number of nitrogens with zero attached hydrogens (tertiary/aromatic N) is 1. The molecule has 0 bridgehead atoms. The topological polar surface area (TPSA) is 89.7 Å². The number of hydrogen-bond donors (Lipinski definition) is 1. The van der Waals surface area contributed by atoms with Gasteiger partial charge in [0.05, 0.1) is 9.40 Å². The summed E-state index contributed by atoms with van der Waals surface area (Å²) in [5.74, 6) is -0.421. The Labute approximate surface area is 140 Å². The Balaban J connectivity index is 2.03. The van der Waals surface area contributed by atoms with Gasteiger partial charge in [-0.1, -0.05) is 6.07 Å². The number of nitro groups is 1. The summed E-state index contributed by atoms with van der Waals surface area (Å²) in [7, 11) is 0. The monoisotopic (exact) mass is 377 g/mol. The summed E-state index contributed by atoms with van der Waals surface area (Å²) < 4.78 is 6.33. The molecule has 0 spiro atoms. The van der Waals surface area contributed by atoms with Crippen molar-refractivity contribution in [2.45, 2.75) is 6.61 Å². The van der Waals surface area contributed by atoms with E-state index in [0.29, 0.717) is 10.2 Å². The molecular weight excluding hydrogens is 366 g/mol. The molecule has 0 atom stereocenters. The van der Waals surface area contributed by atoms with Crippen molar-refractivity contribution >= 4 is 33.7 Å². The van der Waals surface area contributed by atoms with Crippen LogP contribution >= 0.6 is 15.9 Å². The van der Waals surface area contributed by atoms with Crippen LogP contribution in [0.4, 0.5) is 5.69 Å². The van der Waals surface area contributed by atoms with Gasteiger partial charge in [0.25, 0.3) is 5.69 Å². The average molecular weight is 378 g/mol. The third-order valence-corrected chi connectivity index (χ3v) is 3.54. The van der Waals surface area contributed by atoms with Gasteiger partial charge in [-0.15, -0.1) is 0 Å². The maximum absolute atomic E-state index is 10.6. The predicted molar refractivity (Wildman–Crippen MR) is 88.2 cm³/mol. The molecule has 23 heavy (non-hydrogen) atoms. The van der Waals surface area contributed by atoms with Gasteiger partial charge >= 0.3 is 5.97 Å². The number of non-ortho nitro benzene ring substituents is 1. The molecule has 0 heterocycles. The van der Waals surface area contributed by atoms with E-state index < -0.39 is 10.9 Å². The Bertz CT molecular complexity index is 756. The normalized spacial score (nSPS) is 10.7. The van der Waals surface area contributed by atoms with Crippen LogP contribution in [0.1, 0.15) is 11.1 Å². The van der Waals surface area contributed by atoms with Crippen LogP contribution in [-0.4, -0.2) is 16.0 Å². The number of aliphatic carboxylic acids is 1. The van der Waals surface area contributed by atoms with Crippen molar-refractivity contribution in [1.82, 2.24) is 0 Å². The number of carboxylic acid groups (broad SMARTS) is 1. The number of halogens is 1. The Morgan fingerprint density at radius 1 is 1.26 bits per heavy atom. The molecule has 0 aromatic heterocycles. The predicted octanol–water partition coefficient (Wildman–Crippen LogP) is 4.03. The molecule has 2 rings (SSSR count). The molecular formula is C16H12BrNO5. The summed E-state index contributed by atoms with van der Waals surface area (Å²) in [5.41, 5.74) is 1.56. The number of benzene rings is 2. The summed E-state index contributed by atoms with van der Waals surface area (Å²) in [6.45, 7) is 0.265. The van der Waals surface area contributed by atoms with E-state index in [2.05, 4.69) is 15.9 Å². The first-order chi connectivity index (χ1) is 11.0. The fourth-order valence-electron chi connectivity index (χ4n) is 1.78. The molecule has 0 aliphatic heterocycles. The van der Waals surface area contributed by atoms with E-state index in [1.54, 1.807) is 30.3 Å². The third kappa shape index (κ3) is 4.93. The Kier molecular flexibility index (Phi) is 5.48. The van der Waals surface area contributed by atoms with Crippen LogP contribution < -0.4 is 4.74 Å². The summed E-state index contributed by atoms with van der Waals surface area (Å²) >= 11 is 3.36. The van der Waals surface area contributed by atoms with Crippen LogP contribution in [0.25, 0.3) is 6.08 Å². The summed E-state index contributed by atoms with van der Waals surface area (Å²) in [6.07, 6.45) is 2.53. The van der Waals surface area contributed by atoms with Crippen LogP contribution in [0.15, 0.2) is 53.0 Å². The SMILES string of the molecule is O=C(O)/C=C/c1ccc(OCc2ccc([N+](=O)[O-])cc2)c(Br)c1. The number of nitro benzene ring substituents is 1. The van der Waals surface area contributed by atoms with Crippen molar-refractivity contribution in [2.75, 3.05) is 0 Å². The first-order valence-corrected chi connectivity index (χ1v) is 7.31. The van der Waals surface area contributed by atoms with Crippen molar-refractivity contribution in [3.8, 4) is 5.75 Å². The molecule has 2 aromatic rings. The van der Waals surface area contributed by atoms with E-state index in [1.165, 1.54) is 18.2 Å². The zero-order chi connectivity index (χ0) is 16.8. The number of carboxylic acids is 1. The molecule has 7 heteroatoms. The minimum atomic E-state index is -1.01. The molecule has 0 unspecified atom stereocenters. The average Bonchev–Trinajstić information content (AvgIpc) is 2.52. The highest BCUT2D eigenvalue weighted by Crippen LogP contribution is 2.27. The Hall–Kier alpha value is -2.67. The highest BCUT2D eigenvalue weighted by atomic mass is 79.9. The summed E-state index contributed by atoms with van der Waals surface area (Å²) in [6, 6.07) is 11.3. The van der Waals surface area contributed by atoms with Gasteiger partial charge in [0.2, 0.25) is 0 Å². The van der Waals surface area contributed by atoms with Crippen molar-refractivity contribution in [2.24, 2.45) is 0 Å². The van der Waals surface area contributed by atoms with Gasteiger partial charge in [-0.05, 0) is 57.4 Å². The fourth-order valence-corrected chi connectivity index (χ4v) is 2.29. The van der Waals surface area contributed by atoms with Gasteiger partial charge in [0.15, 0.2) is 0 Å². The number of ether oxygens (including phenoxy) is 1. The second-order valence-corrected chi connectivity index (χ2v) is 5.43. The van der Waals surface area contributed by atoms with Gasteiger partial charge in [-0.25, -0.2) is 4.79 Å². The summed E-state index contributed by atoms with van der Waals surface area (Å²) in [4.78, 5) is 20.6. The standard InChI is InChI=1S/C16H12BrNO5/c17-14-9-11(4-8-16(19)20)3-7-15(14)23-10-12-1-5-13(6-2-12)18(21)22/h1-9H,10H2,(H,19,20)/b8-4+. The maximum atomic E-state index is 10.6. The minimum Gasteiger partial charge on any atom is -0.488 e. The van der Waals surface area contributed by atoms with Crippen LogP contribution in [0.5, 0.6) is 5.75 Å². The molecule has 0 saturated carbocycles. The van der Waals surface area contributed by atoms with Crippen LogP contribution in [-0.2, 0) is 11.4 Å². The second-order valence-electron chi connectivity index (χ2n) is 4.57. The number of carbonyl (C=O) groups is 1. The smallest absolute Gasteiger partial charge is 0.328 e. The second kappa shape index (κ2) is 7.55. The molecule has 0 amide bonds. The highest BCUT2D eigenvalue weighted by molar-refractivity contribution is 9.10. The molecule has 118 valence electrons. The molecule has 6 nitrogen and oxygen atoms in total. The molecule has 0 fully saturated rings. The third-order valence-electron chi connectivity index (χ3n) is 2.92. The maximum Gasteiger partial charge on any atom is 0.328 e. The lowest BCUT2D eigenvalue weighted by Gasteiger charge is -2.09. The van der Waals surface area contributed by atoms with Gasteiger partial charge in [0.1, 0.15) is 12.4 Å². The van der Waals surface area contributed by atoms with E-state index in [1.807, 2.05) is 0 Å². The Morgan fingerprint density at radius 3 is 2.52 bits per heavy atom. The lowest BCUT2D eigenvalue weighted by atomic mass is 10.2. The summed E-state index contributed by atoms with van der Waals surface area (Å²) in [5, 5.41) is 19.2. The van der Waals surface area contributed by atoms with E-state index >= 15 is 0 Å². The molecule has 2 aromatic carbocycles.